The second-order valence-corrected chi connectivity index (χ2v) is 5.89. The fraction of sp³-hybridized carbons (Fsp3) is 1.00. The highest BCUT2D eigenvalue weighted by molar-refractivity contribution is 7.87. The molecule has 104 valence electrons. The lowest BCUT2D eigenvalue weighted by Crippen LogP contribution is -2.58. The molecule has 0 rings (SSSR count). The average molecular weight is 265 g/mol. The number of hydrogen-bond acceptors (Lipinski definition) is 3. The molecule has 3 N–H and O–H groups in total. The number of nitrogens with zero attached hydrogens (tertiary/aromatic N) is 1. The fourth-order valence-electron chi connectivity index (χ4n) is 2.07. The van der Waals surface area contributed by atoms with Crippen molar-refractivity contribution in [2.45, 2.75) is 52.5 Å². The number of nitrogens with two attached hydrogens (primary N) is 1. The first-order valence-electron chi connectivity index (χ1n) is 6.41. The highest BCUT2D eigenvalue weighted by Crippen LogP contribution is 2.25. The van der Waals surface area contributed by atoms with Crippen molar-refractivity contribution in [3.63, 3.8) is 0 Å². The molecule has 0 bridgehead atoms. The fourth-order valence-corrected chi connectivity index (χ4v) is 3.86. The summed E-state index contributed by atoms with van der Waals surface area (Å²) in [5, 5.41) is 0. The van der Waals surface area contributed by atoms with Gasteiger partial charge in [0.2, 0.25) is 0 Å². The number of rotatable bonds is 9. The predicted octanol–water partition coefficient (Wildman–Crippen LogP) is 1.07. The first kappa shape index (κ1) is 16.8. The van der Waals surface area contributed by atoms with Crippen LogP contribution in [-0.2, 0) is 10.2 Å². The number of hydrogen-bond donors (Lipinski definition) is 2. The Morgan fingerprint density at radius 3 is 2.00 bits per heavy atom. The van der Waals surface area contributed by atoms with Gasteiger partial charge >= 0.3 is 0 Å². The maximum Gasteiger partial charge on any atom is 0.279 e. The zero-order valence-corrected chi connectivity index (χ0v) is 12.3. The zero-order chi connectivity index (χ0) is 13.5. The Kier molecular flexibility index (Phi) is 7.23. The van der Waals surface area contributed by atoms with E-state index in [0.717, 1.165) is 19.3 Å². The summed E-state index contributed by atoms with van der Waals surface area (Å²) >= 11 is 0. The third kappa shape index (κ3) is 3.91. The lowest BCUT2D eigenvalue weighted by molar-refractivity contribution is 0.176. The average Bonchev–Trinajstić information content (AvgIpc) is 2.30. The Morgan fingerprint density at radius 2 is 1.71 bits per heavy atom. The van der Waals surface area contributed by atoms with E-state index in [1.165, 1.54) is 0 Å². The van der Waals surface area contributed by atoms with Crippen LogP contribution in [0.3, 0.4) is 0 Å². The summed E-state index contributed by atoms with van der Waals surface area (Å²) in [6.07, 6.45) is 2.24. The Morgan fingerprint density at radius 1 is 1.18 bits per heavy atom. The molecule has 0 aliphatic heterocycles. The van der Waals surface area contributed by atoms with Crippen molar-refractivity contribution in [3.05, 3.63) is 0 Å². The van der Waals surface area contributed by atoms with Crippen LogP contribution >= 0.6 is 0 Å². The molecule has 0 aromatic rings. The smallest absolute Gasteiger partial charge is 0.279 e. The molecule has 0 unspecified atom stereocenters. The highest BCUT2D eigenvalue weighted by atomic mass is 32.2. The second kappa shape index (κ2) is 7.31. The van der Waals surface area contributed by atoms with E-state index >= 15 is 0 Å². The Hall–Kier alpha value is -0.170. The molecule has 0 aliphatic carbocycles. The van der Waals surface area contributed by atoms with Gasteiger partial charge in [0.1, 0.15) is 0 Å². The van der Waals surface area contributed by atoms with E-state index in [-0.39, 0.29) is 0 Å². The van der Waals surface area contributed by atoms with Crippen molar-refractivity contribution in [1.82, 2.24) is 9.03 Å². The van der Waals surface area contributed by atoms with Crippen molar-refractivity contribution in [1.29, 1.82) is 0 Å². The molecule has 0 fully saturated rings. The molecule has 0 aliphatic rings. The summed E-state index contributed by atoms with van der Waals surface area (Å²) in [7, 11) is -3.43. The van der Waals surface area contributed by atoms with Gasteiger partial charge in [-0.2, -0.15) is 12.7 Å². The summed E-state index contributed by atoms with van der Waals surface area (Å²) in [4.78, 5) is 0. The summed E-state index contributed by atoms with van der Waals surface area (Å²) in [6.45, 7) is 8.99. The van der Waals surface area contributed by atoms with Gasteiger partial charge in [-0.1, -0.05) is 27.7 Å². The van der Waals surface area contributed by atoms with Crippen LogP contribution in [0.2, 0.25) is 0 Å². The molecule has 0 spiro atoms. The van der Waals surface area contributed by atoms with Gasteiger partial charge in [0.25, 0.3) is 10.2 Å². The van der Waals surface area contributed by atoms with Crippen LogP contribution in [0.15, 0.2) is 0 Å². The van der Waals surface area contributed by atoms with Crippen LogP contribution in [0, 0.1) is 0 Å². The number of nitrogens with one attached hydrogen (secondary N) is 1. The van der Waals surface area contributed by atoms with Gasteiger partial charge in [-0.05, 0) is 19.3 Å². The van der Waals surface area contributed by atoms with Crippen LogP contribution in [-0.4, -0.2) is 37.9 Å². The first-order chi connectivity index (χ1) is 7.94. The van der Waals surface area contributed by atoms with Gasteiger partial charge in [0, 0.05) is 25.2 Å². The minimum absolute atomic E-state index is 0.352. The molecule has 0 radical (unpaired) electrons. The second-order valence-electron chi connectivity index (χ2n) is 4.21. The minimum atomic E-state index is -3.43. The largest absolute Gasteiger partial charge is 0.329 e. The molecule has 0 aromatic carbocycles. The van der Waals surface area contributed by atoms with Crippen LogP contribution in [0.4, 0.5) is 0 Å². The van der Waals surface area contributed by atoms with Crippen LogP contribution < -0.4 is 10.5 Å². The molecule has 0 saturated carbocycles. The zero-order valence-electron chi connectivity index (χ0n) is 11.5. The van der Waals surface area contributed by atoms with E-state index in [9.17, 15) is 8.42 Å². The molecular formula is C11H27N3O2S. The van der Waals surface area contributed by atoms with Crippen molar-refractivity contribution in [2.75, 3.05) is 19.6 Å². The summed E-state index contributed by atoms with van der Waals surface area (Å²) in [6, 6.07) is 0. The van der Waals surface area contributed by atoms with E-state index in [1.54, 1.807) is 11.2 Å². The molecular weight excluding hydrogens is 238 g/mol. The lowest BCUT2D eigenvalue weighted by Gasteiger charge is -2.41. The van der Waals surface area contributed by atoms with Gasteiger partial charge in [-0.3, -0.25) is 0 Å². The highest BCUT2D eigenvalue weighted by Gasteiger charge is 2.39. The molecule has 0 amide bonds. The molecule has 0 aromatic heterocycles. The molecule has 6 heteroatoms. The van der Waals surface area contributed by atoms with Crippen LogP contribution in [0.5, 0.6) is 0 Å². The molecule has 0 atom stereocenters. The van der Waals surface area contributed by atoms with Gasteiger partial charge in [-0.15, -0.1) is 0 Å². The summed E-state index contributed by atoms with van der Waals surface area (Å²) < 4.78 is 28.5. The third-order valence-electron chi connectivity index (χ3n) is 3.27. The minimum Gasteiger partial charge on any atom is -0.329 e. The van der Waals surface area contributed by atoms with E-state index in [0.29, 0.717) is 19.6 Å². The molecule has 5 nitrogen and oxygen atoms in total. The van der Waals surface area contributed by atoms with E-state index in [1.807, 2.05) is 20.8 Å². The van der Waals surface area contributed by atoms with Crippen molar-refractivity contribution < 1.29 is 8.42 Å². The quantitative estimate of drug-likeness (QED) is 0.655. The Labute approximate surface area is 106 Å². The van der Waals surface area contributed by atoms with Crippen molar-refractivity contribution >= 4 is 10.2 Å². The maximum absolute atomic E-state index is 12.2. The molecule has 17 heavy (non-hydrogen) atoms. The molecule has 0 saturated heterocycles. The summed E-state index contributed by atoms with van der Waals surface area (Å²) in [5.41, 5.74) is 5.36. The molecule has 0 heterocycles. The summed E-state index contributed by atoms with van der Waals surface area (Å²) in [5.74, 6) is 0. The van der Waals surface area contributed by atoms with Gasteiger partial charge in [-0.25, -0.2) is 4.72 Å². The SMILES string of the molecule is CCCN(C(CC)(CC)CN)S(=O)(=O)NCC. The maximum atomic E-state index is 12.2. The predicted molar refractivity (Wildman–Crippen MR) is 72.0 cm³/mol. The third-order valence-corrected chi connectivity index (χ3v) is 5.07. The first-order valence-corrected chi connectivity index (χ1v) is 7.85. The normalized spacial score (nSPS) is 13.3. The van der Waals surface area contributed by atoms with Crippen LogP contribution in [0.25, 0.3) is 0 Å². The van der Waals surface area contributed by atoms with Gasteiger partial charge in [0.05, 0.1) is 0 Å². The van der Waals surface area contributed by atoms with E-state index < -0.39 is 15.7 Å². The van der Waals surface area contributed by atoms with Crippen molar-refractivity contribution in [3.8, 4) is 0 Å². The standard InChI is InChI=1S/C11H27N3O2S/c1-5-9-14(17(15,16)13-8-4)11(6-2,7-3)10-12/h13H,5-10,12H2,1-4H3. The lowest BCUT2D eigenvalue weighted by atomic mass is 9.93. The van der Waals surface area contributed by atoms with Crippen LogP contribution in [0.1, 0.15) is 47.0 Å². The van der Waals surface area contributed by atoms with E-state index in [2.05, 4.69) is 4.72 Å². The Balaban J connectivity index is 5.33. The van der Waals surface area contributed by atoms with Gasteiger partial charge in [0.15, 0.2) is 0 Å². The van der Waals surface area contributed by atoms with Gasteiger partial charge < -0.3 is 5.73 Å². The Bertz CT molecular complexity index is 292. The van der Waals surface area contributed by atoms with Crippen molar-refractivity contribution in [2.24, 2.45) is 5.73 Å². The topological polar surface area (TPSA) is 75.4 Å². The monoisotopic (exact) mass is 265 g/mol. The van der Waals surface area contributed by atoms with E-state index in [4.69, 9.17) is 5.73 Å².